The van der Waals surface area contributed by atoms with Crippen molar-refractivity contribution in [2.75, 3.05) is 17.2 Å². The van der Waals surface area contributed by atoms with Crippen LogP contribution in [-0.2, 0) is 0 Å². The van der Waals surface area contributed by atoms with Crippen molar-refractivity contribution in [3.8, 4) is 0 Å². The van der Waals surface area contributed by atoms with E-state index in [1.54, 1.807) is 24.4 Å². The molecule has 6 heteroatoms. The van der Waals surface area contributed by atoms with E-state index in [2.05, 4.69) is 31.5 Å². The van der Waals surface area contributed by atoms with Gasteiger partial charge in [0.15, 0.2) is 0 Å². The lowest BCUT2D eigenvalue weighted by Crippen LogP contribution is -2.23. The van der Waals surface area contributed by atoms with Crippen molar-refractivity contribution in [3.63, 3.8) is 0 Å². The second kappa shape index (κ2) is 7.91. The summed E-state index contributed by atoms with van der Waals surface area (Å²) in [4.78, 5) is 16.4. The largest absolute Gasteiger partial charge is 0.394 e. The first-order valence-electron chi connectivity index (χ1n) is 7.03. The van der Waals surface area contributed by atoms with Crippen LogP contribution in [0, 0.1) is 0 Å². The monoisotopic (exact) mass is 363 g/mol. The number of amides is 1. The van der Waals surface area contributed by atoms with Gasteiger partial charge < -0.3 is 15.7 Å². The number of aliphatic hydroxyl groups is 1. The number of halogens is 1. The SMILES string of the molecule is CCC(CO)Nc1ccc(NC(=O)c2ccccc2Br)cn1. The first-order valence-corrected chi connectivity index (χ1v) is 7.82. The van der Waals surface area contributed by atoms with Gasteiger partial charge >= 0.3 is 0 Å². The number of aromatic nitrogens is 1. The Morgan fingerprint density at radius 1 is 1.32 bits per heavy atom. The second-order valence-corrected chi connectivity index (χ2v) is 5.65. The molecule has 0 bridgehead atoms. The van der Waals surface area contributed by atoms with Gasteiger partial charge in [0.1, 0.15) is 5.82 Å². The van der Waals surface area contributed by atoms with Gasteiger partial charge in [0.25, 0.3) is 5.91 Å². The number of benzene rings is 1. The highest BCUT2D eigenvalue weighted by molar-refractivity contribution is 9.10. The summed E-state index contributed by atoms with van der Waals surface area (Å²) in [5.74, 6) is 0.469. The third-order valence-corrected chi connectivity index (χ3v) is 3.90. The molecule has 22 heavy (non-hydrogen) atoms. The van der Waals surface area contributed by atoms with Crippen molar-refractivity contribution in [2.24, 2.45) is 0 Å². The first kappa shape index (κ1) is 16.5. The number of hydrogen-bond donors (Lipinski definition) is 3. The first-order chi connectivity index (χ1) is 10.6. The molecule has 0 aliphatic heterocycles. The molecule has 1 aromatic carbocycles. The zero-order valence-electron chi connectivity index (χ0n) is 12.2. The van der Waals surface area contributed by atoms with Crippen molar-refractivity contribution in [1.82, 2.24) is 4.98 Å². The van der Waals surface area contributed by atoms with Crippen molar-refractivity contribution < 1.29 is 9.90 Å². The lowest BCUT2D eigenvalue weighted by atomic mass is 10.2. The van der Waals surface area contributed by atoms with Crippen LogP contribution in [0.5, 0.6) is 0 Å². The summed E-state index contributed by atoms with van der Waals surface area (Å²) in [5, 5.41) is 15.1. The predicted molar refractivity (Wildman–Crippen MR) is 91.1 cm³/mol. The van der Waals surface area contributed by atoms with Crippen molar-refractivity contribution >= 4 is 33.3 Å². The average Bonchev–Trinajstić information content (AvgIpc) is 2.54. The fourth-order valence-corrected chi connectivity index (χ4v) is 2.35. The molecular formula is C16H18BrN3O2. The standard InChI is InChI=1S/C16H18BrN3O2/c1-2-11(10-21)19-15-8-7-12(9-18-15)20-16(22)13-5-3-4-6-14(13)17/h3-9,11,21H,2,10H2,1H3,(H,18,19)(H,20,22). The van der Waals surface area contributed by atoms with Crippen LogP contribution >= 0.6 is 15.9 Å². The molecule has 0 aliphatic rings. The Balaban J connectivity index is 2.02. The van der Waals surface area contributed by atoms with Gasteiger partial charge in [0.05, 0.1) is 30.1 Å². The summed E-state index contributed by atoms with van der Waals surface area (Å²) in [6.45, 7) is 2.04. The Kier molecular flexibility index (Phi) is 5.91. The number of pyridine rings is 1. The fourth-order valence-electron chi connectivity index (χ4n) is 1.88. The van der Waals surface area contributed by atoms with Crippen molar-refractivity contribution in [2.45, 2.75) is 19.4 Å². The van der Waals surface area contributed by atoms with E-state index in [-0.39, 0.29) is 18.6 Å². The van der Waals surface area contributed by atoms with Crippen LogP contribution in [0.2, 0.25) is 0 Å². The Morgan fingerprint density at radius 3 is 2.68 bits per heavy atom. The van der Waals surface area contributed by atoms with E-state index in [1.165, 1.54) is 0 Å². The highest BCUT2D eigenvalue weighted by Crippen LogP contribution is 2.18. The number of nitrogens with one attached hydrogen (secondary N) is 2. The van der Waals surface area contributed by atoms with E-state index in [0.29, 0.717) is 17.1 Å². The summed E-state index contributed by atoms with van der Waals surface area (Å²) >= 11 is 3.35. The molecule has 0 spiro atoms. The quantitative estimate of drug-likeness (QED) is 0.736. The van der Waals surface area contributed by atoms with E-state index >= 15 is 0 Å². The molecule has 3 N–H and O–H groups in total. The van der Waals surface area contributed by atoms with Gasteiger partial charge in [-0.3, -0.25) is 4.79 Å². The number of carbonyl (C=O) groups excluding carboxylic acids is 1. The van der Waals surface area contributed by atoms with Gasteiger partial charge in [0.2, 0.25) is 0 Å². The molecule has 1 heterocycles. The minimum atomic E-state index is -0.197. The van der Waals surface area contributed by atoms with Crippen molar-refractivity contribution in [1.29, 1.82) is 0 Å². The lowest BCUT2D eigenvalue weighted by Gasteiger charge is -2.14. The zero-order chi connectivity index (χ0) is 15.9. The normalized spacial score (nSPS) is 11.8. The lowest BCUT2D eigenvalue weighted by molar-refractivity contribution is 0.102. The topological polar surface area (TPSA) is 74.2 Å². The van der Waals surface area contributed by atoms with Gasteiger partial charge in [-0.25, -0.2) is 4.98 Å². The Labute approximate surface area is 137 Å². The Hall–Kier alpha value is -1.92. The molecule has 0 fully saturated rings. The number of aliphatic hydroxyl groups excluding tert-OH is 1. The molecule has 5 nitrogen and oxygen atoms in total. The summed E-state index contributed by atoms with van der Waals surface area (Å²) in [6.07, 6.45) is 2.39. The summed E-state index contributed by atoms with van der Waals surface area (Å²) in [5.41, 5.74) is 1.18. The van der Waals surface area contributed by atoms with E-state index in [0.717, 1.165) is 10.9 Å². The molecule has 1 aromatic heterocycles. The van der Waals surface area contributed by atoms with Crippen LogP contribution in [0.3, 0.4) is 0 Å². The number of carbonyl (C=O) groups is 1. The summed E-state index contributed by atoms with van der Waals surface area (Å²) in [6, 6.07) is 10.8. The van der Waals surface area contributed by atoms with E-state index < -0.39 is 0 Å². The van der Waals surface area contributed by atoms with Gasteiger partial charge in [-0.1, -0.05) is 19.1 Å². The Bertz CT molecular complexity index is 628. The van der Waals surface area contributed by atoms with Crippen LogP contribution in [0.15, 0.2) is 47.1 Å². The van der Waals surface area contributed by atoms with Gasteiger partial charge in [-0.05, 0) is 46.6 Å². The minimum absolute atomic E-state index is 0.0202. The highest BCUT2D eigenvalue weighted by atomic mass is 79.9. The third-order valence-electron chi connectivity index (χ3n) is 3.21. The summed E-state index contributed by atoms with van der Waals surface area (Å²) in [7, 11) is 0. The number of anilines is 2. The van der Waals surface area contributed by atoms with Crippen LogP contribution < -0.4 is 10.6 Å². The predicted octanol–water partition coefficient (Wildman–Crippen LogP) is 3.28. The maximum atomic E-state index is 12.2. The molecule has 1 unspecified atom stereocenters. The molecule has 0 aliphatic carbocycles. The molecular weight excluding hydrogens is 346 g/mol. The van der Waals surface area contributed by atoms with Crippen LogP contribution in [0.25, 0.3) is 0 Å². The molecule has 2 rings (SSSR count). The van der Waals surface area contributed by atoms with Crippen LogP contribution in [0.1, 0.15) is 23.7 Å². The number of nitrogens with zero attached hydrogens (tertiary/aromatic N) is 1. The molecule has 1 atom stereocenters. The maximum absolute atomic E-state index is 12.2. The van der Waals surface area contributed by atoms with Crippen LogP contribution in [-0.4, -0.2) is 28.6 Å². The number of rotatable bonds is 6. The summed E-state index contributed by atoms with van der Waals surface area (Å²) < 4.78 is 0.743. The van der Waals surface area contributed by atoms with Crippen molar-refractivity contribution in [3.05, 3.63) is 52.6 Å². The van der Waals surface area contributed by atoms with Gasteiger partial charge in [-0.2, -0.15) is 0 Å². The molecule has 2 aromatic rings. The smallest absolute Gasteiger partial charge is 0.256 e. The molecule has 1 amide bonds. The van der Waals surface area contributed by atoms with Gasteiger partial charge in [0, 0.05) is 4.47 Å². The third kappa shape index (κ3) is 4.29. The van der Waals surface area contributed by atoms with E-state index in [4.69, 9.17) is 5.11 Å². The molecule has 0 saturated heterocycles. The van der Waals surface area contributed by atoms with Gasteiger partial charge in [-0.15, -0.1) is 0 Å². The minimum Gasteiger partial charge on any atom is -0.394 e. The fraction of sp³-hybridized carbons (Fsp3) is 0.250. The Morgan fingerprint density at radius 2 is 2.09 bits per heavy atom. The van der Waals surface area contributed by atoms with E-state index in [1.807, 2.05) is 25.1 Å². The molecule has 0 saturated carbocycles. The maximum Gasteiger partial charge on any atom is 0.256 e. The number of hydrogen-bond acceptors (Lipinski definition) is 4. The average molecular weight is 364 g/mol. The van der Waals surface area contributed by atoms with E-state index in [9.17, 15) is 4.79 Å². The zero-order valence-corrected chi connectivity index (χ0v) is 13.8. The highest BCUT2D eigenvalue weighted by Gasteiger charge is 2.10. The molecule has 0 radical (unpaired) electrons. The van der Waals surface area contributed by atoms with Crippen LogP contribution in [0.4, 0.5) is 11.5 Å². The molecule has 116 valence electrons. The second-order valence-electron chi connectivity index (χ2n) is 4.80.